The van der Waals surface area contributed by atoms with E-state index in [1.54, 1.807) is 35.5 Å². The highest BCUT2D eigenvalue weighted by atomic mass is 16.5. The Bertz CT molecular complexity index is 747. The minimum absolute atomic E-state index is 0.468. The van der Waals surface area contributed by atoms with Gasteiger partial charge >= 0.3 is 0 Å². The second-order valence-corrected chi connectivity index (χ2v) is 7.09. The molecule has 2 unspecified atom stereocenters. The molecule has 28 heavy (non-hydrogen) atoms. The van der Waals surface area contributed by atoms with E-state index in [0.29, 0.717) is 29.1 Å². The van der Waals surface area contributed by atoms with Gasteiger partial charge in [-0.2, -0.15) is 0 Å². The summed E-state index contributed by atoms with van der Waals surface area (Å²) >= 11 is 0. The first kappa shape index (κ1) is 21.7. The fraction of sp³-hybridized carbons (Fsp3) is 0.478. The van der Waals surface area contributed by atoms with Crippen molar-refractivity contribution in [3.63, 3.8) is 0 Å². The van der Waals surface area contributed by atoms with E-state index in [1.807, 2.05) is 18.2 Å². The number of hydrogen-bond acceptors (Lipinski definition) is 5. The highest BCUT2D eigenvalue weighted by Gasteiger charge is 2.18. The fourth-order valence-electron chi connectivity index (χ4n) is 3.41. The van der Waals surface area contributed by atoms with Crippen LogP contribution in [0.1, 0.15) is 25.0 Å². The molecule has 5 heteroatoms. The van der Waals surface area contributed by atoms with Gasteiger partial charge in [-0.1, -0.05) is 19.9 Å². The fourth-order valence-corrected chi connectivity index (χ4v) is 3.41. The van der Waals surface area contributed by atoms with Gasteiger partial charge in [0.1, 0.15) is 0 Å². The first-order valence-electron chi connectivity index (χ1n) is 9.47. The van der Waals surface area contributed by atoms with Gasteiger partial charge in [0.2, 0.25) is 5.75 Å². The molecule has 5 nitrogen and oxygen atoms in total. The number of methoxy groups -OCH3 is 5. The molecular formula is C23H32O5. The van der Waals surface area contributed by atoms with E-state index in [1.165, 1.54) is 11.1 Å². The van der Waals surface area contributed by atoms with Crippen molar-refractivity contribution in [1.82, 2.24) is 0 Å². The van der Waals surface area contributed by atoms with Crippen LogP contribution in [0.25, 0.3) is 0 Å². The maximum Gasteiger partial charge on any atom is 0.203 e. The van der Waals surface area contributed by atoms with Crippen molar-refractivity contribution in [3.8, 4) is 28.7 Å². The van der Waals surface area contributed by atoms with E-state index >= 15 is 0 Å². The summed E-state index contributed by atoms with van der Waals surface area (Å²) in [5, 5.41) is 0. The Balaban J connectivity index is 2.13. The van der Waals surface area contributed by atoms with E-state index in [9.17, 15) is 0 Å². The number of benzene rings is 2. The zero-order valence-corrected chi connectivity index (χ0v) is 18.0. The molecule has 0 aliphatic heterocycles. The highest BCUT2D eigenvalue weighted by molar-refractivity contribution is 5.54. The van der Waals surface area contributed by atoms with Gasteiger partial charge in [-0.3, -0.25) is 0 Å². The van der Waals surface area contributed by atoms with Crippen LogP contribution in [0, 0.1) is 11.8 Å². The molecule has 0 radical (unpaired) electrons. The lowest BCUT2D eigenvalue weighted by molar-refractivity contribution is 0.322. The van der Waals surface area contributed by atoms with Crippen LogP contribution in [0.5, 0.6) is 28.7 Å². The van der Waals surface area contributed by atoms with Crippen LogP contribution in [0.15, 0.2) is 30.3 Å². The first-order chi connectivity index (χ1) is 13.5. The summed E-state index contributed by atoms with van der Waals surface area (Å²) in [7, 11) is 8.22. The summed E-state index contributed by atoms with van der Waals surface area (Å²) in [6.07, 6.45) is 1.89. The van der Waals surface area contributed by atoms with Gasteiger partial charge in [-0.15, -0.1) is 0 Å². The molecule has 0 amide bonds. The zero-order valence-electron chi connectivity index (χ0n) is 18.0. The van der Waals surface area contributed by atoms with Crippen molar-refractivity contribution in [2.24, 2.45) is 11.8 Å². The van der Waals surface area contributed by atoms with Crippen LogP contribution in [0.2, 0.25) is 0 Å². The van der Waals surface area contributed by atoms with Gasteiger partial charge in [0, 0.05) is 0 Å². The maximum atomic E-state index is 5.47. The number of hydrogen-bond donors (Lipinski definition) is 0. The molecular weight excluding hydrogens is 356 g/mol. The average molecular weight is 389 g/mol. The lowest BCUT2D eigenvalue weighted by Crippen LogP contribution is -2.14. The molecule has 2 aromatic rings. The monoisotopic (exact) mass is 388 g/mol. The smallest absolute Gasteiger partial charge is 0.203 e. The van der Waals surface area contributed by atoms with Crippen LogP contribution in [0.4, 0.5) is 0 Å². The Morgan fingerprint density at radius 1 is 0.571 bits per heavy atom. The van der Waals surface area contributed by atoms with Crippen molar-refractivity contribution in [2.75, 3.05) is 35.5 Å². The zero-order chi connectivity index (χ0) is 20.7. The van der Waals surface area contributed by atoms with Gasteiger partial charge in [0.25, 0.3) is 0 Å². The van der Waals surface area contributed by atoms with E-state index < -0.39 is 0 Å². The second kappa shape index (κ2) is 10.1. The summed E-state index contributed by atoms with van der Waals surface area (Å²) in [6.45, 7) is 4.55. The van der Waals surface area contributed by atoms with E-state index in [4.69, 9.17) is 23.7 Å². The third-order valence-corrected chi connectivity index (χ3v) is 5.26. The third kappa shape index (κ3) is 5.03. The summed E-state index contributed by atoms with van der Waals surface area (Å²) in [4.78, 5) is 0. The normalized spacial score (nSPS) is 12.8. The Morgan fingerprint density at radius 3 is 1.50 bits per heavy atom. The molecule has 0 spiro atoms. The Kier molecular flexibility index (Phi) is 7.85. The van der Waals surface area contributed by atoms with Crippen LogP contribution in [-0.4, -0.2) is 35.5 Å². The predicted octanol–water partition coefficient (Wildman–Crippen LogP) is 4.79. The van der Waals surface area contributed by atoms with Crippen molar-refractivity contribution in [2.45, 2.75) is 26.7 Å². The minimum Gasteiger partial charge on any atom is -0.493 e. The second-order valence-electron chi connectivity index (χ2n) is 7.09. The summed E-state index contributed by atoms with van der Waals surface area (Å²) < 4.78 is 27.1. The van der Waals surface area contributed by atoms with Gasteiger partial charge < -0.3 is 23.7 Å². The molecule has 2 rings (SSSR count). The molecule has 2 aromatic carbocycles. The molecule has 0 aromatic heterocycles. The Hall–Kier alpha value is -2.56. The van der Waals surface area contributed by atoms with Gasteiger partial charge in [-0.25, -0.2) is 0 Å². The summed E-state index contributed by atoms with van der Waals surface area (Å²) in [6, 6.07) is 10.2. The van der Waals surface area contributed by atoms with Gasteiger partial charge in [-0.05, 0) is 60.1 Å². The minimum atomic E-state index is 0.468. The number of rotatable bonds is 10. The molecule has 0 bridgehead atoms. The van der Waals surface area contributed by atoms with Crippen LogP contribution in [-0.2, 0) is 12.8 Å². The lowest BCUT2D eigenvalue weighted by Gasteiger charge is -2.22. The van der Waals surface area contributed by atoms with E-state index in [-0.39, 0.29) is 0 Å². The van der Waals surface area contributed by atoms with Gasteiger partial charge in [0.15, 0.2) is 23.0 Å². The molecule has 0 saturated heterocycles. The number of ether oxygens (including phenoxy) is 5. The topological polar surface area (TPSA) is 46.2 Å². The Labute approximate surface area is 168 Å². The standard InChI is InChI=1S/C23H32O5/c1-15(10-17-8-9-19(24-3)20(12-17)25-4)16(2)11-18-13-21(26-5)23(28-7)22(14-18)27-6/h8-9,12-16H,10-11H2,1-7H3. The Morgan fingerprint density at radius 2 is 1.04 bits per heavy atom. The molecule has 0 saturated carbocycles. The van der Waals surface area contributed by atoms with Crippen molar-refractivity contribution in [3.05, 3.63) is 41.5 Å². The quantitative estimate of drug-likeness (QED) is 0.586. The van der Waals surface area contributed by atoms with E-state index in [2.05, 4.69) is 26.0 Å². The van der Waals surface area contributed by atoms with Crippen molar-refractivity contribution < 1.29 is 23.7 Å². The largest absolute Gasteiger partial charge is 0.493 e. The van der Waals surface area contributed by atoms with Crippen molar-refractivity contribution >= 4 is 0 Å². The molecule has 0 aliphatic rings. The molecule has 2 atom stereocenters. The molecule has 0 fully saturated rings. The summed E-state index contributed by atoms with van der Waals surface area (Å²) in [5.74, 6) is 4.48. The highest BCUT2D eigenvalue weighted by Crippen LogP contribution is 2.39. The molecule has 154 valence electrons. The van der Waals surface area contributed by atoms with Crippen LogP contribution in [0.3, 0.4) is 0 Å². The molecule has 0 aliphatic carbocycles. The van der Waals surface area contributed by atoms with E-state index in [0.717, 1.165) is 24.3 Å². The SMILES string of the molecule is COc1ccc(CC(C)C(C)Cc2cc(OC)c(OC)c(OC)c2)cc1OC. The van der Waals surface area contributed by atoms with Crippen molar-refractivity contribution in [1.29, 1.82) is 0 Å². The molecule has 0 heterocycles. The van der Waals surface area contributed by atoms with Gasteiger partial charge in [0.05, 0.1) is 35.5 Å². The lowest BCUT2D eigenvalue weighted by atomic mass is 9.85. The summed E-state index contributed by atoms with van der Waals surface area (Å²) in [5.41, 5.74) is 2.41. The van der Waals surface area contributed by atoms with Crippen LogP contribution < -0.4 is 23.7 Å². The molecule has 0 N–H and O–H groups in total. The predicted molar refractivity (Wildman–Crippen MR) is 111 cm³/mol. The maximum absolute atomic E-state index is 5.47. The average Bonchev–Trinajstić information content (AvgIpc) is 2.72. The first-order valence-corrected chi connectivity index (χ1v) is 9.47. The van der Waals surface area contributed by atoms with Crippen LogP contribution >= 0.6 is 0 Å². The third-order valence-electron chi connectivity index (χ3n) is 5.26.